The monoisotopic (exact) mass is 286 g/mol. The quantitative estimate of drug-likeness (QED) is 0.874. The Labute approximate surface area is 125 Å². The van der Waals surface area contributed by atoms with E-state index >= 15 is 0 Å². The van der Waals surface area contributed by atoms with Crippen molar-refractivity contribution in [1.82, 2.24) is 10.6 Å². The fourth-order valence-electron chi connectivity index (χ4n) is 2.08. The van der Waals surface area contributed by atoms with Crippen molar-refractivity contribution in [3.63, 3.8) is 0 Å². The van der Waals surface area contributed by atoms with E-state index in [1.165, 1.54) is 5.56 Å². The minimum absolute atomic E-state index is 0.0391. The van der Waals surface area contributed by atoms with Gasteiger partial charge in [-0.05, 0) is 36.1 Å². The topological polar surface area (TPSA) is 54.3 Å². The Hall–Kier alpha value is -2.23. The van der Waals surface area contributed by atoms with Gasteiger partial charge in [0.2, 0.25) is 0 Å². The van der Waals surface area contributed by atoms with Crippen molar-refractivity contribution in [2.75, 3.05) is 0 Å². The molecule has 1 aromatic carbocycles. The number of benzene rings is 1. The molecule has 0 aliphatic heterocycles. The highest BCUT2D eigenvalue weighted by atomic mass is 16.3. The van der Waals surface area contributed by atoms with E-state index in [1.807, 2.05) is 13.0 Å². The third-order valence-electron chi connectivity index (χ3n) is 3.45. The molecule has 21 heavy (non-hydrogen) atoms. The molecule has 0 bridgehead atoms. The number of hydrogen-bond donors (Lipinski definition) is 2. The standard InChI is InChI=1S/C17H22N2O2/c1-12(2)14-6-8-15(9-7-14)13(3)19-17(20)18-11-16-5-4-10-21-16/h4-10,12-13H,11H2,1-3H3,(H2,18,19,20)/t13-/m1/s1. The van der Waals surface area contributed by atoms with Crippen LogP contribution in [-0.2, 0) is 6.54 Å². The fourth-order valence-corrected chi connectivity index (χ4v) is 2.08. The van der Waals surface area contributed by atoms with Crippen LogP contribution in [0.5, 0.6) is 0 Å². The lowest BCUT2D eigenvalue weighted by Crippen LogP contribution is -2.36. The van der Waals surface area contributed by atoms with Gasteiger partial charge in [0.15, 0.2) is 0 Å². The molecule has 0 fully saturated rings. The normalized spacial score (nSPS) is 12.2. The first-order chi connectivity index (χ1) is 10.1. The van der Waals surface area contributed by atoms with E-state index in [-0.39, 0.29) is 12.1 Å². The Kier molecular flexibility index (Phi) is 5.04. The summed E-state index contributed by atoms with van der Waals surface area (Å²) >= 11 is 0. The zero-order valence-corrected chi connectivity index (χ0v) is 12.7. The predicted molar refractivity (Wildman–Crippen MR) is 83.0 cm³/mol. The number of carbonyl (C=O) groups is 1. The van der Waals surface area contributed by atoms with Crippen LogP contribution in [0.25, 0.3) is 0 Å². The lowest BCUT2D eigenvalue weighted by Gasteiger charge is -2.16. The van der Waals surface area contributed by atoms with E-state index in [0.717, 1.165) is 11.3 Å². The maximum atomic E-state index is 11.8. The van der Waals surface area contributed by atoms with Crippen LogP contribution in [0.15, 0.2) is 47.1 Å². The van der Waals surface area contributed by atoms with E-state index in [0.29, 0.717) is 12.5 Å². The van der Waals surface area contributed by atoms with Crippen molar-refractivity contribution >= 4 is 6.03 Å². The highest BCUT2D eigenvalue weighted by Crippen LogP contribution is 2.18. The highest BCUT2D eigenvalue weighted by Gasteiger charge is 2.10. The van der Waals surface area contributed by atoms with Gasteiger partial charge in [0.1, 0.15) is 5.76 Å². The van der Waals surface area contributed by atoms with Crippen LogP contribution in [0.1, 0.15) is 49.6 Å². The lowest BCUT2D eigenvalue weighted by molar-refractivity contribution is 0.236. The van der Waals surface area contributed by atoms with Crippen molar-refractivity contribution < 1.29 is 9.21 Å². The second kappa shape index (κ2) is 6.97. The molecule has 1 aromatic heterocycles. The van der Waals surface area contributed by atoms with Crippen LogP contribution in [-0.4, -0.2) is 6.03 Å². The molecule has 0 saturated heterocycles. The summed E-state index contributed by atoms with van der Waals surface area (Å²) in [5, 5.41) is 5.69. The zero-order chi connectivity index (χ0) is 15.2. The van der Waals surface area contributed by atoms with E-state index in [9.17, 15) is 4.79 Å². The molecule has 2 rings (SSSR count). The average molecular weight is 286 g/mol. The summed E-state index contributed by atoms with van der Waals surface area (Å²) in [5.74, 6) is 1.25. The van der Waals surface area contributed by atoms with Gasteiger partial charge in [-0.25, -0.2) is 4.79 Å². The summed E-state index contributed by atoms with van der Waals surface area (Å²) in [6.07, 6.45) is 1.59. The number of carbonyl (C=O) groups excluding carboxylic acids is 1. The van der Waals surface area contributed by atoms with Gasteiger partial charge < -0.3 is 15.1 Å². The smallest absolute Gasteiger partial charge is 0.315 e. The largest absolute Gasteiger partial charge is 0.467 e. The van der Waals surface area contributed by atoms with E-state index in [2.05, 4.69) is 48.7 Å². The summed E-state index contributed by atoms with van der Waals surface area (Å²) in [7, 11) is 0. The van der Waals surface area contributed by atoms with Gasteiger partial charge in [0, 0.05) is 0 Å². The number of furan rings is 1. The van der Waals surface area contributed by atoms with Crippen LogP contribution >= 0.6 is 0 Å². The Balaban J connectivity index is 1.85. The minimum atomic E-state index is -0.202. The Bertz CT molecular complexity index is 559. The number of amides is 2. The van der Waals surface area contributed by atoms with Gasteiger partial charge in [0.25, 0.3) is 0 Å². The van der Waals surface area contributed by atoms with Crippen molar-refractivity contribution in [3.05, 3.63) is 59.5 Å². The SMILES string of the molecule is CC(C)c1ccc([C@@H](C)NC(=O)NCc2ccco2)cc1. The van der Waals surface area contributed by atoms with Gasteiger partial charge in [-0.2, -0.15) is 0 Å². The first-order valence-electron chi connectivity index (χ1n) is 7.23. The van der Waals surface area contributed by atoms with Crippen LogP contribution in [0.4, 0.5) is 4.79 Å². The average Bonchev–Trinajstić information content (AvgIpc) is 2.98. The van der Waals surface area contributed by atoms with Crippen LogP contribution in [0.3, 0.4) is 0 Å². The van der Waals surface area contributed by atoms with Crippen molar-refractivity contribution in [2.45, 2.75) is 39.3 Å². The van der Waals surface area contributed by atoms with Crippen LogP contribution < -0.4 is 10.6 Å². The van der Waals surface area contributed by atoms with E-state index in [1.54, 1.807) is 12.3 Å². The maximum Gasteiger partial charge on any atom is 0.315 e. The Morgan fingerprint density at radius 1 is 1.10 bits per heavy atom. The van der Waals surface area contributed by atoms with Gasteiger partial charge in [-0.3, -0.25) is 0 Å². The highest BCUT2D eigenvalue weighted by molar-refractivity contribution is 5.74. The first-order valence-corrected chi connectivity index (χ1v) is 7.23. The predicted octanol–water partition coefficient (Wildman–Crippen LogP) is 3.96. The molecule has 0 aliphatic carbocycles. The van der Waals surface area contributed by atoms with Gasteiger partial charge >= 0.3 is 6.03 Å². The van der Waals surface area contributed by atoms with Crippen molar-refractivity contribution in [2.24, 2.45) is 0 Å². The molecule has 1 heterocycles. The third-order valence-corrected chi connectivity index (χ3v) is 3.45. The first kappa shape index (κ1) is 15.2. The molecular weight excluding hydrogens is 264 g/mol. The number of hydrogen-bond acceptors (Lipinski definition) is 2. The Morgan fingerprint density at radius 3 is 2.33 bits per heavy atom. The molecule has 0 unspecified atom stereocenters. The molecule has 0 spiro atoms. The van der Waals surface area contributed by atoms with E-state index < -0.39 is 0 Å². The molecule has 2 N–H and O–H groups in total. The molecule has 4 heteroatoms. The number of rotatable bonds is 5. The second-order valence-corrected chi connectivity index (χ2v) is 5.45. The molecule has 4 nitrogen and oxygen atoms in total. The Morgan fingerprint density at radius 2 is 1.76 bits per heavy atom. The molecule has 0 saturated carbocycles. The summed E-state index contributed by atoms with van der Waals surface area (Å²) in [5.41, 5.74) is 2.39. The summed E-state index contributed by atoms with van der Waals surface area (Å²) in [4.78, 5) is 11.8. The fraction of sp³-hybridized carbons (Fsp3) is 0.353. The molecule has 1 atom stereocenters. The number of urea groups is 1. The summed E-state index contributed by atoms with van der Waals surface area (Å²) in [6.45, 7) is 6.69. The summed E-state index contributed by atoms with van der Waals surface area (Å²) < 4.78 is 5.17. The minimum Gasteiger partial charge on any atom is -0.467 e. The zero-order valence-electron chi connectivity index (χ0n) is 12.7. The van der Waals surface area contributed by atoms with Crippen molar-refractivity contribution in [1.29, 1.82) is 0 Å². The van der Waals surface area contributed by atoms with Gasteiger partial charge in [0.05, 0.1) is 18.8 Å². The number of nitrogens with one attached hydrogen (secondary N) is 2. The van der Waals surface area contributed by atoms with Crippen LogP contribution in [0.2, 0.25) is 0 Å². The molecular formula is C17H22N2O2. The maximum absolute atomic E-state index is 11.8. The van der Waals surface area contributed by atoms with Gasteiger partial charge in [-0.1, -0.05) is 38.1 Å². The molecule has 112 valence electrons. The third kappa shape index (κ3) is 4.38. The molecule has 2 aromatic rings. The molecule has 0 aliphatic rings. The molecule has 0 radical (unpaired) electrons. The van der Waals surface area contributed by atoms with Gasteiger partial charge in [-0.15, -0.1) is 0 Å². The second-order valence-electron chi connectivity index (χ2n) is 5.45. The summed E-state index contributed by atoms with van der Waals surface area (Å²) in [6, 6.07) is 11.7. The van der Waals surface area contributed by atoms with Crippen LogP contribution in [0, 0.1) is 0 Å². The molecule has 2 amide bonds. The van der Waals surface area contributed by atoms with E-state index in [4.69, 9.17) is 4.42 Å². The lowest BCUT2D eigenvalue weighted by atomic mass is 10.00. The van der Waals surface area contributed by atoms with Crippen molar-refractivity contribution in [3.8, 4) is 0 Å².